The highest BCUT2D eigenvalue weighted by atomic mass is 16.5. The normalized spacial score (nSPS) is 16.1. The molecular weight excluding hydrogens is 450 g/mol. The molecule has 186 valence electrons. The summed E-state index contributed by atoms with van der Waals surface area (Å²) >= 11 is 0. The van der Waals surface area contributed by atoms with Crippen molar-refractivity contribution in [3.05, 3.63) is 36.7 Å². The minimum Gasteiger partial charge on any atom is -0.495 e. The number of carbonyl (C=O) groups excluding carboxylic acids is 3. The van der Waals surface area contributed by atoms with Crippen molar-refractivity contribution in [2.75, 3.05) is 61.5 Å². The fraction of sp³-hybridized carbons (Fsp3) is 0.458. The van der Waals surface area contributed by atoms with Gasteiger partial charge in [0.15, 0.2) is 0 Å². The van der Waals surface area contributed by atoms with E-state index in [0.29, 0.717) is 62.2 Å². The minimum absolute atomic E-state index is 0.00530. The summed E-state index contributed by atoms with van der Waals surface area (Å²) in [5.41, 5.74) is 1.19. The Labute approximate surface area is 204 Å². The van der Waals surface area contributed by atoms with Gasteiger partial charge >= 0.3 is 6.03 Å². The third-order valence-corrected chi connectivity index (χ3v) is 6.14. The number of nitrogens with zero attached hydrogens (tertiary/aromatic N) is 5. The fourth-order valence-electron chi connectivity index (χ4n) is 4.27. The Morgan fingerprint density at radius 2 is 1.83 bits per heavy atom. The van der Waals surface area contributed by atoms with Gasteiger partial charge in [0.2, 0.25) is 17.8 Å². The number of urea groups is 1. The first-order chi connectivity index (χ1) is 17.0. The molecule has 4 rings (SSSR count). The van der Waals surface area contributed by atoms with Gasteiger partial charge < -0.3 is 30.1 Å². The molecule has 0 bridgehead atoms. The summed E-state index contributed by atoms with van der Waals surface area (Å²) < 4.78 is 5.41. The summed E-state index contributed by atoms with van der Waals surface area (Å²) in [6.07, 6.45) is 5.94. The van der Waals surface area contributed by atoms with Crippen molar-refractivity contribution in [3.8, 4) is 5.75 Å². The Morgan fingerprint density at radius 1 is 1.06 bits per heavy atom. The van der Waals surface area contributed by atoms with Crippen molar-refractivity contribution in [1.29, 1.82) is 0 Å². The van der Waals surface area contributed by atoms with Crippen LogP contribution < -0.4 is 25.2 Å². The molecule has 3 heterocycles. The Bertz CT molecular complexity index is 1040. The van der Waals surface area contributed by atoms with Gasteiger partial charge in [-0.25, -0.2) is 14.8 Å². The molecule has 1 aromatic carbocycles. The van der Waals surface area contributed by atoms with E-state index in [4.69, 9.17) is 4.74 Å². The molecule has 2 aromatic rings. The maximum atomic E-state index is 12.6. The Hall–Kier alpha value is -3.89. The van der Waals surface area contributed by atoms with Gasteiger partial charge in [-0.15, -0.1) is 0 Å². The van der Waals surface area contributed by atoms with E-state index >= 15 is 0 Å². The van der Waals surface area contributed by atoms with E-state index in [9.17, 15) is 14.4 Å². The number of carbonyl (C=O) groups is 3. The van der Waals surface area contributed by atoms with Crippen molar-refractivity contribution in [2.24, 2.45) is 0 Å². The lowest BCUT2D eigenvalue weighted by atomic mass is 10.1. The van der Waals surface area contributed by atoms with Crippen LogP contribution in [0.25, 0.3) is 0 Å². The lowest BCUT2D eigenvalue weighted by Gasteiger charge is -2.34. The standard InChI is InChI=1S/C24H31N7O4/c1-35-20-7-6-18(17-19(20)31-12-3-2-5-22(31)33)28-24(34)27-11-8-21(32)29-13-15-30(16-14-29)23-25-9-4-10-26-23/h4,6-7,9-10,17H,2-3,5,8,11-16H2,1H3,(H2,27,28,34). The lowest BCUT2D eigenvalue weighted by molar-refractivity contribution is -0.131. The molecule has 0 saturated carbocycles. The van der Waals surface area contributed by atoms with Crippen molar-refractivity contribution >= 4 is 35.2 Å². The highest BCUT2D eigenvalue weighted by molar-refractivity contribution is 5.97. The summed E-state index contributed by atoms with van der Waals surface area (Å²) in [7, 11) is 1.55. The summed E-state index contributed by atoms with van der Waals surface area (Å²) in [6, 6.07) is 6.55. The third kappa shape index (κ3) is 6.17. The number of amides is 4. The van der Waals surface area contributed by atoms with Gasteiger partial charge in [0.05, 0.1) is 12.8 Å². The molecule has 1 aromatic heterocycles. The van der Waals surface area contributed by atoms with Crippen LogP contribution in [-0.4, -0.2) is 79.1 Å². The zero-order valence-electron chi connectivity index (χ0n) is 19.9. The second kappa shape index (κ2) is 11.5. The van der Waals surface area contributed by atoms with Crippen LogP contribution in [0, 0.1) is 0 Å². The van der Waals surface area contributed by atoms with E-state index < -0.39 is 6.03 Å². The SMILES string of the molecule is COc1ccc(NC(=O)NCCC(=O)N2CCN(c3ncccn3)CC2)cc1N1CCCCC1=O. The highest BCUT2D eigenvalue weighted by Crippen LogP contribution is 2.33. The van der Waals surface area contributed by atoms with Gasteiger partial charge in [0, 0.05) is 70.2 Å². The van der Waals surface area contributed by atoms with Gasteiger partial charge in [-0.2, -0.15) is 0 Å². The highest BCUT2D eigenvalue weighted by Gasteiger charge is 2.24. The molecule has 0 aliphatic carbocycles. The smallest absolute Gasteiger partial charge is 0.319 e. The summed E-state index contributed by atoms with van der Waals surface area (Å²) in [5, 5.41) is 5.51. The quantitative estimate of drug-likeness (QED) is 0.619. The van der Waals surface area contributed by atoms with Gasteiger partial charge in [0.25, 0.3) is 0 Å². The molecule has 2 aliphatic rings. The largest absolute Gasteiger partial charge is 0.495 e. The topological polar surface area (TPSA) is 120 Å². The van der Waals surface area contributed by atoms with Crippen LogP contribution in [0.15, 0.2) is 36.7 Å². The number of hydrogen-bond acceptors (Lipinski definition) is 7. The van der Waals surface area contributed by atoms with Gasteiger partial charge in [-0.05, 0) is 37.1 Å². The van der Waals surface area contributed by atoms with Gasteiger partial charge in [0.1, 0.15) is 5.75 Å². The molecule has 35 heavy (non-hydrogen) atoms. The summed E-state index contributed by atoms with van der Waals surface area (Å²) in [4.78, 5) is 51.4. The second-order valence-electron chi connectivity index (χ2n) is 8.44. The monoisotopic (exact) mass is 481 g/mol. The average molecular weight is 482 g/mol. The number of anilines is 3. The number of nitrogens with one attached hydrogen (secondary N) is 2. The molecule has 0 unspecified atom stereocenters. The maximum absolute atomic E-state index is 12.6. The molecule has 0 radical (unpaired) electrons. The van der Waals surface area contributed by atoms with E-state index in [-0.39, 0.29) is 24.8 Å². The number of aromatic nitrogens is 2. The molecular formula is C24H31N7O4. The first-order valence-electron chi connectivity index (χ1n) is 11.9. The van der Waals surface area contributed by atoms with Crippen LogP contribution in [-0.2, 0) is 9.59 Å². The average Bonchev–Trinajstić information content (AvgIpc) is 2.89. The number of benzene rings is 1. The number of hydrogen-bond donors (Lipinski definition) is 2. The second-order valence-corrected chi connectivity index (χ2v) is 8.44. The number of methoxy groups -OCH3 is 1. The number of piperidine rings is 1. The third-order valence-electron chi connectivity index (χ3n) is 6.14. The Morgan fingerprint density at radius 3 is 2.54 bits per heavy atom. The Kier molecular flexibility index (Phi) is 7.96. The minimum atomic E-state index is -0.412. The van der Waals surface area contributed by atoms with Crippen molar-refractivity contribution in [2.45, 2.75) is 25.7 Å². The van der Waals surface area contributed by atoms with Crippen molar-refractivity contribution in [3.63, 3.8) is 0 Å². The first kappa shape index (κ1) is 24.2. The lowest BCUT2D eigenvalue weighted by Crippen LogP contribution is -2.49. The number of rotatable bonds is 7. The van der Waals surface area contributed by atoms with Crippen molar-refractivity contribution in [1.82, 2.24) is 20.2 Å². The predicted molar refractivity (Wildman–Crippen MR) is 132 cm³/mol. The molecule has 4 amide bonds. The van der Waals surface area contributed by atoms with E-state index in [1.54, 1.807) is 53.6 Å². The molecule has 11 nitrogen and oxygen atoms in total. The van der Waals surface area contributed by atoms with Gasteiger partial charge in [-0.3, -0.25) is 9.59 Å². The van der Waals surface area contributed by atoms with E-state index in [2.05, 4.69) is 25.5 Å². The molecule has 2 fully saturated rings. The number of piperazine rings is 1. The van der Waals surface area contributed by atoms with E-state index in [0.717, 1.165) is 12.8 Å². The zero-order valence-corrected chi connectivity index (χ0v) is 19.9. The molecule has 11 heteroatoms. The van der Waals surface area contributed by atoms with E-state index in [1.807, 2.05) is 0 Å². The van der Waals surface area contributed by atoms with Gasteiger partial charge in [-0.1, -0.05) is 0 Å². The summed E-state index contributed by atoms with van der Waals surface area (Å²) in [6.45, 7) is 3.37. The number of ether oxygens (including phenoxy) is 1. The molecule has 2 N–H and O–H groups in total. The van der Waals surface area contributed by atoms with Crippen LogP contribution >= 0.6 is 0 Å². The Balaban J connectivity index is 1.23. The molecule has 0 spiro atoms. The maximum Gasteiger partial charge on any atom is 0.319 e. The zero-order chi connectivity index (χ0) is 24.6. The summed E-state index contributed by atoms with van der Waals surface area (Å²) in [5.74, 6) is 1.29. The fourth-order valence-corrected chi connectivity index (χ4v) is 4.27. The van der Waals surface area contributed by atoms with Crippen LogP contribution in [0.4, 0.5) is 22.1 Å². The molecule has 2 saturated heterocycles. The van der Waals surface area contributed by atoms with E-state index in [1.165, 1.54) is 0 Å². The molecule has 2 aliphatic heterocycles. The molecule has 0 atom stereocenters. The van der Waals surface area contributed by atoms with Crippen LogP contribution in [0.5, 0.6) is 5.75 Å². The van der Waals surface area contributed by atoms with Crippen molar-refractivity contribution < 1.29 is 19.1 Å². The predicted octanol–water partition coefficient (Wildman–Crippen LogP) is 1.86. The van der Waals surface area contributed by atoms with Crippen LogP contribution in [0.3, 0.4) is 0 Å². The van der Waals surface area contributed by atoms with Crippen LogP contribution in [0.2, 0.25) is 0 Å². The van der Waals surface area contributed by atoms with Crippen LogP contribution in [0.1, 0.15) is 25.7 Å². The first-order valence-corrected chi connectivity index (χ1v) is 11.9.